The number of aryl methyl sites for hydroxylation is 2. The summed E-state index contributed by atoms with van der Waals surface area (Å²) in [6.45, 7) is 6.28. The number of hydrogen-bond donors (Lipinski definition) is 0. The van der Waals surface area contributed by atoms with Crippen molar-refractivity contribution in [1.29, 1.82) is 0 Å². The summed E-state index contributed by atoms with van der Waals surface area (Å²) in [5.74, 6) is 1.05. The SMILES string of the molecule is Cc1nc2c(C)cccc2c2c1C[C@@H](C)O2. The van der Waals surface area contributed by atoms with Gasteiger partial charge < -0.3 is 4.74 Å². The van der Waals surface area contributed by atoms with E-state index in [0.717, 1.165) is 28.8 Å². The number of hydrogen-bond acceptors (Lipinski definition) is 2. The van der Waals surface area contributed by atoms with E-state index >= 15 is 0 Å². The Kier molecular flexibility index (Phi) is 1.93. The number of aromatic nitrogens is 1. The molecule has 2 aromatic rings. The Morgan fingerprint density at radius 3 is 2.94 bits per heavy atom. The molecule has 0 unspecified atom stereocenters. The number of benzene rings is 1. The number of rotatable bonds is 0. The minimum Gasteiger partial charge on any atom is -0.489 e. The molecule has 0 fully saturated rings. The molecule has 1 aliphatic heterocycles. The third kappa shape index (κ3) is 1.22. The molecule has 82 valence electrons. The van der Waals surface area contributed by atoms with Crippen LogP contribution >= 0.6 is 0 Å². The van der Waals surface area contributed by atoms with E-state index < -0.39 is 0 Å². The van der Waals surface area contributed by atoms with Gasteiger partial charge in [0.15, 0.2) is 0 Å². The zero-order valence-electron chi connectivity index (χ0n) is 9.87. The molecule has 16 heavy (non-hydrogen) atoms. The molecular weight excluding hydrogens is 198 g/mol. The van der Waals surface area contributed by atoms with Crippen molar-refractivity contribution in [3.8, 4) is 5.75 Å². The van der Waals surface area contributed by atoms with E-state index in [1.54, 1.807) is 0 Å². The predicted octanol–water partition coefficient (Wildman–Crippen LogP) is 3.18. The maximum Gasteiger partial charge on any atom is 0.134 e. The zero-order chi connectivity index (χ0) is 11.3. The first-order chi connectivity index (χ1) is 7.66. The molecule has 1 atom stereocenters. The third-order valence-corrected chi connectivity index (χ3v) is 3.28. The van der Waals surface area contributed by atoms with Crippen LogP contribution in [0.25, 0.3) is 10.9 Å². The number of nitrogens with zero attached hydrogens (tertiary/aromatic N) is 1. The number of pyridine rings is 1. The Balaban J connectivity index is 2.41. The smallest absolute Gasteiger partial charge is 0.134 e. The topological polar surface area (TPSA) is 22.1 Å². The first kappa shape index (κ1) is 9.64. The molecular formula is C14H15NO. The van der Waals surface area contributed by atoms with Crippen molar-refractivity contribution in [1.82, 2.24) is 4.98 Å². The normalized spacial score (nSPS) is 18.6. The lowest BCUT2D eigenvalue weighted by molar-refractivity contribution is 0.257. The summed E-state index contributed by atoms with van der Waals surface area (Å²) in [7, 11) is 0. The number of para-hydroxylation sites is 1. The highest BCUT2D eigenvalue weighted by molar-refractivity contribution is 5.89. The van der Waals surface area contributed by atoms with Crippen molar-refractivity contribution in [3.63, 3.8) is 0 Å². The summed E-state index contributed by atoms with van der Waals surface area (Å²) < 4.78 is 5.92. The molecule has 0 spiro atoms. The number of ether oxygens (including phenoxy) is 1. The molecule has 1 aliphatic rings. The van der Waals surface area contributed by atoms with Crippen LogP contribution in [0.3, 0.4) is 0 Å². The van der Waals surface area contributed by atoms with Crippen molar-refractivity contribution in [3.05, 3.63) is 35.0 Å². The molecule has 2 heterocycles. The van der Waals surface area contributed by atoms with Crippen molar-refractivity contribution in [2.75, 3.05) is 0 Å². The van der Waals surface area contributed by atoms with Gasteiger partial charge in [0.05, 0.1) is 5.52 Å². The zero-order valence-corrected chi connectivity index (χ0v) is 9.87. The van der Waals surface area contributed by atoms with Crippen LogP contribution in [0.4, 0.5) is 0 Å². The lowest BCUT2D eigenvalue weighted by atomic mass is 10.0. The van der Waals surface area contributed by atoms with Crippen LogP contribution in [0.2, 0.25) is 0 Å². The quantitative estimate of drug-likeness (QED) is 0.670. The fourth-order valence-electron chi connectivity index (χ4n) is 2.46. The molecule has 0 saturated carbocycles. The second-order valence-electron chi connectivity index (χ2n) is 4.61. The third-order valence-electron chi connectivity index (χ3n) is 3.28. The maximum atomic E-state index is 5.92. The van der Waals surface area contributed by atoms with Crippen LogP contribution in [0.5, 0.6) is 5.75 Å². The van der Waals surface area contributed by atoms with Gasteiger partial charge in [0.2, 0.25) is 0 Å². The first-order valence-corrected chi connectivity index (χ1v) is 5.72. The lowest BCUT2D eigenvalue weighted by Crippen LogP contribution is -2.05. The van der Waals surface area contributed by atoms with E-state index in [0.29, 0.717) is 0 Å². The molecule has 1 aromatic carbocycles. The molecule has 2 heteroatoms. The van der Waals surface area contributed by atoms with E-state index in [4.69, 9.17) is 9.72 Å². The summed E-state index contributed by atoms with van der Waals surface area (Å²) >= 11 is 0. The summed E-state index contributed by atoms with van der Waals surface area (Å²) in [6, 6.07) is 6.27. The van der Waals surface area contributed by atoms with Gasteiger partial charge in [-0.25, -0.2) is 0 Å². The van der Waals surface area contributed by atoms with Gasteiger partial charge >= 0.3 is 0 Å². The van der Waals surface area contributed by atoms with Crippen LogP contribution < -0.4 is 4.74 Å². The average Bonchev–Trinajstić information content (AvgIpc) is 2.63. The minimum atomic E-state index is 0.279. The first-order valence-electron chi connectivity index (χ1n) is 5.72. The molecule has 0 saturated heterocycles. The van der Waals surface area contributed by atoms with E-state index in [1.165, 1.54) is 11.1 Å². The van der Waals surface area contributed by atoms with Crippen LogP contribution in [-0.4, -0.2) is 11.1 Å². The summed E-state index contributed by atoms with van der Waals surface area (Å²) in [4.78, 5) is 4.70. The molecule has 3 rings (SSSR count). The monoisotopic (exact) mass is 213 g/mol. The molecule has 0 radical (unpaired) electrons. The Hall–Kier alpha value is -1.57. The number of fused-ring (bicyclic) bond motifs is 3. The van der Waals surface area contributed by atoms with Crippen LogP contribution in [0.15, 0.2) is 18.2 Å². The molecule has 0 bridgehead atoms. The van der Waals surface area contributed by atoms with Gasteiger partial charge in [0.25, 0.3) is 0 Å². The van der Waals surface area contributed by atoms with E-state index in [9.17, 15) is 0 Å². The molecule has 0 amide bonds. The van der Waals surface area contributed by atoms with Gasteiger partial charge in [0.1, 0.15) is 11.9 Å². The Morgan fingerprint density at radius 1 is 1.31 bits per heavy atom. The molecule has 0 aliphatic carbocycles. The van der Waals surface area contributed by atoms with E-state index in [-0.39, 0.29) is 6.10 Å². The standard InChI is InChI=1S/C14H15NO/c1-8-5-4-6-11-13(8)15-10(3)12-7-9(2)16-14(11)12/h4-6,9H,7H2,1-3H3/t9-/m1/s1. The van der Waals surface area contributed by atoms with Gasteiger partial charge in [-0.05, 0) is 32.4 Å². The van der Waals surface area contributed by atoms with E-state index in [2.05, 4.69) is 39.0 Å². The molecule has 0 N–H and O–H groups in total. The van der Waals surface area contributed by atoms with Crippen LogP contribution in [0.1, 0.15) is 23.7 Å². The van der Waals surface area contributed by atoms with Crippen molar-refractivity contribution in [2.24, 2.45) is 0 Å². The maximum absolute atomic E-state index is 5.92. The summed E-state index contributed by atoms with van der Waals surface area (Å²) in [5, 5.41) is 1.16. The summed E-state index contributed by atoms with van der Waals surface area (Å²) in [5.41, 5.74) is 4.69. The Bertz CT molecular complexity index is 574. The summed E-state index contributed by atoms with van der Waals surface area (Å²) in [6.07, 6.45) is 1.26. The predicted molar refractivity (Wildman–Crippen MR) is 65.0 cm³/mol. The fraction of sp³-hybridized carbons (Fsp3) is 0.357. The van der Waals surface area contributed by atoms with E-state index in [1.807, 2.05) is 0 Å². The highest BCUT2D eigenvalue weighted by Gasteiger charge is 2.24. The Morgan fingerprint density at radius 2 is 2.12 bits per heavy atom. The fourth-order valence-corrected chi connectivity index (χ4v) is 2.46. The second-order valence-corrected chi connectivity index (χ2v) is 4.61. The van der Waals surface area contributed by atoms with Gasteiger partial charge in [-0.3, -0.25) is 4.98 Å². The Labute approximate surface area is 95.3 Å². The van der Waals surface area contributed by atoms with Gasteiger partial charge in [-0.1, -0.05) is 12.1 Å². The lowest BCUT2D eigenvalue weighted by Gasteiger charge is -2.09. The molecule has 1 aromatic heterocycles. The second kappa shape index (κ2) is 3.21. The van der Waals surface area contributed by atoms with Crippen molar-refractivity contribution < 1.29 is 4.74 Å². The largest absolute Gasteiger partial charge is 0.489 e. The van der Waals surface area contributed by atoms with Gasteiger partial charge in [-0.2, -0.15) is 0 Å². The van der Waals surface area contributed by atoms with Crippen molar-refractivity contribution in [2.45, 2.75) is 33.3 Å². The van der Waals surface area contributed by atoms with Crippen molar-refractivity contribution >= 4 is 10.9 Å². The van der Waals surface area contributed by atoms with Gasteiger partial charge in [0, 0.05) is 23.1 Å². The van der Waals surface area contributed by atoms with Crippen LogP contribution in [-0.2, 0) is 6.42 Å². The van der Waals surface area contributed by atoms with Crippen LogP contribution in [0, 0.1) is 13.8 Å². The van der Waals surface area contributed by atoms with Gasteiger partial charge in [-0.15, -0.1) is 0 Å². The molecule has 2 nitrogen and oxygen atoms in total. The average molecular weight is 213 g/mol. The highest BCUT2D eigenvalue weighted by Crippen LogP contribution is 2.37. The highest BCUT2D eigenvalue weighted by atomic mass is 16.5. The minimum absolute atomic E-state index is 0.279.